The summed E-state index contributed by atoms with van der Waals surface area (Å²) >= 11 is 0. The molecule has 4 rings (SSSR count). The van der Waals surface area contributed by atoms with Gasteiger partial charge in [-0.2, -0.15) is 9.61 Å². The van der Waals surface area contributed by atoms with Gasteiger partial charge in [0.1, 0.15) is 5.65 Å². The summed E-state index contributed by atoms with van der Waals surface area (Å²) in [6.45, 7) is 10.8. The van der Waals surface area contributed by atoms with Crippen LogP contribution in [0.5, 0.6) is 5.88 Å². The van der Waals surface area contributed by atoms with E-state index >= 15 is 0 Å². The van der Waals surface area contributed by atoms with Crippen LogP contribution in [0.25, 0.3) is 11.7 Å². The van der Waals surface area contributed by atoms with E-state index in [1.54, 1.807) is 17.9 Å². The van der Waals surface area contributed by atoms with Crippen LogP contribution < -0.4 is 10.9 Å². The van der Waals surface area contributed by atoms with Gasteiger partial charge < -0.3 is 20.1 Å². The molecule has 1 aliphatic heterocycles. The van der Waals surface area contributed by atoms with Gasteiger partial charge in [-0.1, -0.05) is 13.8 Å². The highest BCUT2D eigenvalue weighted by Crippen LogP contribution is 2.25. The molecule has 10 heteroatoms. The van der Waals surface area contributed by atoms with Crippen molar-refractivity contribution in [2.24, 2.45) is 5.92 Å². The van der Waals surface area contributed by atoms with Crippen molar-refractivity contribution in [1.29, 1.82) is 0 Å². The Morgan fingerprint density at radius 2 is 2.00 bits per heavy atom. The number of ether oxygens (including phenoxy) is 1. The van der Waals surface area contributed by atoms with Crippen LogP contribution in [-0.2, 0) is 16.1 Å². The van der Waals surface area contributed by atoms with E-state index < -0.39 is 17.3 Å². The number of morpholine rings is 1. The van der Waals surface area contributed by atoms with Crippen molar-refractivity contribution in [3.05, 3.63) is 33.3 Å². The summed E-state index contributed by atoms with van der Waals surface area (Å²) in [6, 6.07) is -0.0104. The third kappa shape index (κ3) is 4.59. The number of nitrogens with zero attached hydrogens (tertiary/aromatic N) is 4. The van der Waals surface area contributed by atoms with Crippen molar-refractivity contribution in [3.63, 3.8) is 0 Å². The van der Waals surface area contributed by atoms with Crippen molar-refractivity contribution in [1.82, 2.24) is 24.4 Å². The van der Waals surface area contributed by atoms with Gasteiger partial charge in [0, 0.05) is 30.8 Å². The second-order valence-corrected chi connectivity index (χ2v) is 9.81. The predicted molar refractivity (Wildman–Crippen MR) is 127 cm³/mol. The van der Waals surface area contributed by atoms with Crippen LogP contribution >= 0.6 is 0 Å². The summed E-state index contributed by atoms with van der Waals surface area (Å²) < 4.78 is 8.30. The summed E-state index contributed by atoms with van der Waals surface area (Å²) in [5, 5.41) is 18.1. The van der Waals surface area contributed by atoms with Gasteiger partial charge in [0.15, 0.2) is 5.56 Å². The summed E-state index contributed by atoms with van der Waals surface area (Å²) in [4.78, 5) is 40.8. The molecule has 0 radical (unpaired) electrons. The molecule has 2 aliphatic rings. The Hall–Kier alpha value is -3.14. The Balaban J connectivity index is 1.79. The number of rotatable bonds is 6. The monoisotopic (exact) mass is 471 g/mol. The van der Waals surface area contributed by atoms with Crippen molar-refractivity contribution in [3.8, 4) is 5.88 Å². The zero-order chi connectivity index (χ0) is 24.7. The molecule has 0 aromatic carbocycles. The fourth-order valence-corrected chi connectivity index (χ4v) is 4.24. The van der Waals surface area contributed by atoms with E-state index in [2.05, 4.69) is 10.4 Å². The summed E-state index contributed by atoms with van der Waals surface area (Å²) in [6.07, 6.45) is 4.78. The number of hydrogen-bond donors (Lipinski definition) is 2. The Bertz CT molecular complexity index is 1210. The number of aryl methyl sites for hydroxylation is 1. The molecule has 2 aromatic rings. The molecule has 0 bridgehead atoms. The van der Waals surface area contributed by atoms with Crippen molar-refractivity contribution < 1.29 is 19.4 Å². The molecule has 2 aromatic heterocycles. The summed E-state index contributed by atoms with van der Waals surface area (Å²) in [5.74, 6) is -1.17. The lowest BCUT2D eigenvalue weighted by atomic mass is 10.1. The number of carbonyl (C=O) groups excluding carboxylic acids is 2. The second kappa shape index (κ2) is 9.25. The molecule has 2 fully saturated rings. The van der Waals surface area contributed by atoms with Gasteiger partial charge in [0.25, 0.3) is 11.5 Å². The van der Waals surface area contributed by atoms with Crippen LogP contribution in [0.15, 0.2) is 10.9 Å². The van der Waals surface area contributed by atoms with Crippen LogP contribution in [0.2, 0.25) is 0 Å². The van der Waals surface area contributed by atoms with Crippen LogP contribution in [0.3, 0.4) is 0 Å². The maximum absolute atomic E-state index is 13.4. The fraction of sp³-hybridized carbons (Fsp3) is 0.583. The molecular weight excluding hydrogens is 438 g/mol. The van der Waals surface area contributed by atoms with Gasteiger partial charge in [-0.3, -0.25) is 19.0 Å². The number of fused-ring (bicyclic) bond motifs is 1. The predicted octanol–water partition coefficient (Wildman–Crippen LogP) is 1.71. The average Bonchev–Trinajstić information content (AvgIpc) is 3.51. The van der Waals surface area contributed by atoms with E-state index in [0.29, 0.717) is 36.6 Å². The standard InChI is InChI=1S/C24H33N5O5/c1-13(2)10-28-22-18(8-9-19(30)27-11-15(4)34-12-14(27)3)16(5)26-29(22)24(33)20(23(28)32)21(31)25-17-6-7-17/h8-9,13-15,17,33H,6-7,10-12H2,1-5H3,(H,25,31)/b9-8+/t14-,15+/m0/s1. The summed E-state index contributed by atoms with van der Waals surface area (Å²) in [7, 11) is 0. The van der Waals surface area contributed by atoms with Crippen LogP contribution in [-0.4, -0.2) is 67.3 Å². The van der Waals surface area contributed by atoms with E-state index in [4.69, 9.17) is 4.74 Å². The molecule has 0 unspecified atom stereocenters. The Morgan fingerprint density at radius 3 is 2.65 bits per heavy atom. The molecular formula is C24H33N5O5. The van der Waals surface area contributed by atoms with Gasteiger partial charge in [0.05, 0.1) is 24.4 Å². The minimum atomic E-state index is -0.597. The molecule has 1 saturated heterocycles. The summed E-state index contributed by atoms with van der Waals surface area (Å²) in [5.41, 5.74) is 0.534. The molecule has 10 nitrogen and oxygen atoms in total. The van der Waals surface area contributed by atoms with Crippen molar-refractivity contribution in [2.75, 3.05) is 13.2 Å². The minimum Gasteiger partial charge on any atom is -0.492 e. The fourth-order valence-electron chi connectivity index (χ4n) is 4.24. The van der Waals surface area contributed by atoms with E-state index in [0.717, 1.165) is 12.8 Å². The lowest BCUT2D eigenvalue weighted by molar-refractivity contribution is -0.137. The molecule has 34 heavy (non-hydrogen) atoms. The molecule has 1 saturated carbocycles. The molecule has 2 N–H and O–H groups in total. The number of hydrogen-bond acceptors (Lipinski definition) is 6. The maximum atomic E-state index is 13.4. The highest BCUT2D eigenvalue weighted by atomic mass is 16.5. The maximum Gasteiger partial charge on any atom is 0.270 e. The van der Waals surface area contributed by atoms with Crippen LogP contribution in [0, 0.1) is 12.8 Å². The smallest absolute Gasteiger partial charge is 0.270 e. The third-order valence-corrected chi connectivity index (χ3v) is 6.19. The number of carbonyl (C=O) groups is 2. The highest BCUT2D eigenvalue weighted by Gasteiger charge is 2.31. The Labute approximate surface area is 198 Å². The van der Waals surface area contributed by atoms with Crippen molar-refractivity contribution in [2.45, 2.75) is 72.2 Å². The first-order valence-corrected chi connectivity index (χ1v) is 11.8. The van der Waals surface area contributed by atoms with E-state index in [1.165, 1.54) is 15.2 Å². The van der Waals surface area contributed by atoms with Gasteiger partial charge >= 0.3 is 0 Å². The highest BCUT2D eigenvalue weighted by molar-refractivity contribution is 5.97. The van der Waals surface area contributed by atoms with Crippen LogP contribution in [0.1, 0.15) is 62.2 Å². The van der Waals surface area contributed by atoms with E-state index in [-0.39, 0.29) is 35.6 Å². The van der Waals surface area contributed by atoms with E-state index in [1.807, 2.05) is 27.7 Å². The number of aromatic hydroxyl groups is 1. The lowest BCUT2D eigenvalue weighted by Crippen LogP contribution is -2.49. The zero-order valence-corrected chi connectivity index (χ0v) is 20.4. The lowest BCUT2D eigenvalue weighted by Gasteiger charge is -2.36. The second-order valence-electron chi connectivity index (χ2n) is 9.81. The topological polar surface area (TPSA) is 118 Å². The Kier molecular flexibility index (Phi) is 6.53. The molecule has 1 aliphatic carbocycles. The van der Waals surface area contributed by atoms with Gasteiger partial charge in [0.2, 0.25) is 11.8 Å². The normalized spacial score (nSPS) is 21.1. The van der Waals surface area contributed by atoms with E-state index in [9.17, 15) is 19.5 Å². The van der Waals surface area contributed by atoms with Gasteiger partial charge in [-0.05, 0) is 45.6 Å². The van der Waals surface area contributed by atoms with Gasteiger partial charge in [-0.15, -0.1) is 0 Å². The molecule has 2 atom stereocenters. The third-order valence-electron chi connectivity index (χ3n) is 6.19. The SMILES string of the molecule is Cc1nn2c(O)c(C(=O)NC3CC3)c(=O)n(CC(C)C)c2c1/C=C/C(=O)N1C[C@@H](C)OC[C@@H]1C. The average molecular weight is 472 g/mol. The Morgan fingerprint density at radius 1 is 1.29 bits per heavy atom. The molecule has 2 amide bonds. The number of nitrogens with one attached hydrogen (secondary N) is 1. The number of amides is 2. The molecule has 184 valence electrons. The van der Waals surface area contributed by atoms with Crippen molar-refractivity contribution >= 4 is 23.5 Å². The quantitative estimate of drug-likeness (QED) is 0.620. The zero-order valence-electron chi connectivity index (χ0n) is 20.4. The number of aromatic nitrogens is 3. The molecule has 0 spiro atoms. The van der Waals surface area contributed by atoms with Crippen LogP contribution in [0.4, 0.5) is 0 Å². The van der Waals surface area contributed by atoms with Gasteiger partial charge in [-0.25, -0.2) is 0 Å². The first-order valence-electron chi connectivity index (χ1n) is 11.8. The largest absolute Gasteiger partial charge is 0.492 e. The first kappa shape index (κ1) is 24.0. The first-order chi connectivity index (χ1) is 16.1. The molecule has 3 heterocycles. The minimum absolute atomic E-state index is 0.0368.